The number of aromatic nitrogens is 3. The predicted molar refractivity (Wildman–Crippen MR) is 114 cm³/mol. The molecule has 0 fully saturated rings. The molecule has 2 aromatic heterocycles. The number of furan rings is 1. The van der Waals surface area contributed by atoms with Crippen molar-refractivity contribution in [2.75, 3.05) is 11.1 Å². The van der Waals surface area contributed by atoms with Gasteiger partial charge < -0.3 is 9.73 Å². The number of nitrogens with zero attached hydrogens (tertiary/aromatic N) is 3. The number of anilines is 1. The van der Waals surface area contributed by atoms with Crippen molar-refractivity contribution in [3.05, 3.63) is 84.3 Å². The summed E-state index contributed by atoms with van der Waals surface area (Å²) in [7, 11) is 0. The van der Waals surface area contributed by atoms with Crippen LogP contribution >= 0.6 is 11.8 Å². The maximum Gasteiger partial charge on any atom is 0.234 e. The molecule has 0 atom stereocenters. The summed E-state index contributed by atoms with van der Waals surface area (Å²) in [5.74, 6) is 1.69. The fraction of sp³-hybridized carbons (Fsp3) is 0.136. The van der Waals surface area contributed by atoms with Crippen LogP contribution in [0.1, 0.15) is 11.3 Å². The zero-order chi connectivity index (χ0) is 20.1. The summed E-state index contributed by atoms with van der Waals surface area (Å²) < 4.78 is 7.47. The third kappa shape index (κ3) is 4.75. The molecule has 0 aliphatic carbocycles. The van der Waals surface area contributed by atoms with Crippen molar-refractivity contribution in [1.82, 2.24) is 14.8 Å². The van der Waals surface area contributed by atoms with Gasteiger partial charge in [-0.25, -0.2) is 0 Å². The molecular weight excluding hydrogens is 384 g/mol. The molecule has 0 aliphatic heterocycles. The number of nitrogens with one attached hydrogen (secondary N) is 1. The molecule has 0 radical (unpaired) electrons. The normalized spacial score (nSPS) is 10.8. The Morgan fingerprint density at radius 1 is 1.07 bits per heavy atom. The number of rotatable bonds is 7. The van der Waals surface area contributed by atoms with Crippen LogP contribution in [0, 0.1) is 6.92 Å². The first kappa shape index (κ1) is 19.0. The van der Waals surface area contributed by atoms with Crippen LogP contribution in [0.15, 0.2) is 82.6 Å². The van der Waals surface area contributed by atoms with Gasteiger partial charge in [0.1, 0.15) is 5.76 Å². The lowest BCUT2D eigenvalue weighted by atomic mass is 10.2. The molecule has 6 nitrogen and oxygen atoms in total. The van der Waals surface area contributed by atoms with Gasteiger partial charge in [-0.3, -0.25) is 9.36 Å². The van der Waals surface area contributed by atoms with Gasteiger partial charge in [-0.2, -0.15) is 0 Å². The molecule has 7 heteroatoms. The Hall–Kier alpha value is -3.32. The lowest BCUT2D eigenvalue weighted by molar-refractivity contribution is -0.113. The molecule has 29 heavy (non-hydrogen) atoms. The van der Waals surface area contributed by atoms with E-state index in [-0.39, 0.29) is 11.7 Å². The third-order valence-electron chi connectivity index (χ3n) is 4.28. The molecule has 1 N–H and O–H groups in total. The van der Waals surface area contributed by atoms with Gasteiger partial charge in [-0.1, -0.05) is 54.2 Å². The van der Waals surface area contributed by atoms with Crippen LogP contribution in [-0.4, -0.2) is 26.4 Å². The number of amides is 1. The van der Waals surface area contributed by atoms with Crippen LogP contribution in [0.2, 0.25) is 0 Å². The summed E-state index contributed by atoms with van der Waals surface area (Å²) in [4.78, 5) is 12.4. The van der Waals surface area contributed by atoms with Gasteiger partial charge in [-0.05, 0) is 36.8 Å². The van der Waals surface area contributed by atoms with E-state index in [1.807, 2.05) is 78.2 Å². The number of hydrogen-bond donors (Lipinski definition) is 1. The van der Waals surface area contributed by atoms with Crippen molar-refractivity contribution in [2.45, 2.75) is 18.6 Å². The lowest BCUT2D eigenvalue weighted by Crippen LogP contribution is -2.14. The number of carbonyl (C=O) groups excluding carboxylic acids is 1. The van der Waals surface area contributed by atoms with Gasteiger partial charge in [0.2, 0.25) is 5.91 Å². The molecule has 0 spiro atoms. The molecule has 0 bridgehead atoms. The Balaban J connectivity index is 1.52. The first-order valence-electron chi connectivity index (χ1n) is 9.19. The third-order valence-corrected chi connectivity index (χ3v) is 5.24. The average Bonchev–Trinajstić information content (AvgIpc) is 3.38. The number of hydrogen-bond acceptors (Lipinski definition) is 5. The summed E-state index contributed by atoms with van der Waals surface area (Å²) in [5.41, 5.74) is 2.85. The quantitative estimate of drug-likeness (QED) is 0.455. The Labute approximate surface area is 173 Å². The minimum absolute atomic E-state index is 0.0885. The number of thioether (sulfide) groups is 1. The molecular formula is C22H20N4O2S. The van der Waals surface area contributed by atoms with Gasteiger partial charge >= 0.3 is 0 Å². The van der Waals surface area contributed by atoms with Crippen molar-refractivity contribution in [1.29, 1.82) is 0 Å². The van der Waals surface area contributed by atoms with Crippen LogP contribution < -0.4 is 5.32 Å². The van der Waals surface area contributed by atoms with E-state index < -0.39 is 0 Å². The fourth-order valence-corrected chi connectivity index (χ4v) is 3.68. The van der Waals surface area contributed by atoms with Crippen molar-refractivity contribution in [2.24, 2.45) is 0 Å². The fourth-order valence-electron chi connectivity index (χ4n) is 2.95. The van der Waals surface area contributed by atoms with Gasteiger partial charge in [0.05, 0.1) is 18.6 Å². The molecule has 2 heterocycles. The Morgan fingerprint density at radius 3 is 2.69 bits per heavy atom. The van der Waals surface area contributed by atoms with Crippen molar-refractivity contribution < 1.29 is 9.21 Å². The highest BCUT2D eigenvalue weighted by Crippen LogP contribution is 2.25. The van der Waals surface area contributed by atoms with E-state index in [0.717, 1.165) is 28.4 Å². The monoisotopic (exact) mass is 404 g/mol. The zero-order valence-corrected chi connectivity index (χ0v) is 16.7. The average molecular weight is 404 g/mol. The Morgan fingerprint density at radius 2 is 1.93 bits per heavy atom. The van der Waals surface area contributed by atoms with Crippen LogP contribution in [0.4, 0.5) is 5.69 Å². The highest BCUT2D eigenvalue weighted by molar-refractivity contribution is 7.99. The molecule has 0 aliphatic rings. The highest BCUT2D eigenvalue weighted by atomic mass is 32.2. The molecule has 4 rings (SSSR count). The van der Waals surface area contributed by atoms with E-state index in [1.165, 1.54) is 11.8 Å². The van der Waals surface area contributed by atoms with E-state index in [0.29, 0.717) is 11.7 Å². The molecule has 1 amide bonds. The molecule has 0 unspecified atom stereocenters. The molecule has 2 aromatic carbocycles. The minimum Gasteiger partial charge on any atom is -0.467 e. The maximum absolute atomic E-state index is 12.4. The van der Waals surface area contributed by atoms with Crippen LogP contribution in [-0.2, 0) is 11.3 Å². The first-order chi connectivity index (χ1) is 14.2. The van der Waals surface area contributed by atoms with Gasteiger partial charge in [0.25, 0.3) is 0 Å². The number of benzene rings is 2. The number of carbonyl (C=O) groups is 1. The van der Waals surface area contributed by atoms with Gasteiger partial charge in [-0.15, -0.1) is 10.2 Å². The molecule has 0 saturated heterocycles. The van der Waals surface area contributed by atoms with Crippen molar-refractivity contribution >= 4 is 23.4 Å². The Bertz CT molecular complexity index is 1090. The summed E-state index contributed by atoms with van der Waals surface area (Å²) in [6.07, 6.45) is 1.64. The second-order valence-corrected chi connectivity index (χ2v) is 7.49. The van der Waals surface area contributed by atoms with Crippen LogP contribution in [0.25, 0.3) is 11.4 Å². The van der Waals surface area contributed by atoms with Gasteiger partial charge in [0.15, 0.2) is 11.0 Å². The Kier molecular flexibility index (Phi) is 5.76. The smallest absolute Gasteiger partial charge is 0.234 e. The van der Waals surface area contributed by atoms with E-state index in [2.05, 4.69) is 15.5 Å². The topological polar surface area (TPSA) is 73.0 Å². The second-order valence-electron chi connectivity index (χ2n) is 6.54. The highest BCUT2D eigenvalue weighted by Gasteiger charge is 2.17. The number of aryl methyl sites for hydroxylation is 1. The van der Waals surface area contributed by atoms with E-state index in [1.54, 1.807) is 6.26 Å². The lowest BCUT2D eigenvalue weighted by Gasteiger charge is -2.09. The summed E-state index contributed by atoms with van der Waals surface area (Å²) in [6.45, 7) is 2.48. The van der Waals surface area contributed by atoms with Crippen molar-refractivity contribution in [3.8, 4) is 11.4 Å². The summed E-state index contributed by atoms with van der Waals surface area (Å²) in [5, 5.41) is 12.3. The van der Waals surface area contributed by atoms with E-state index >= 15 is 0 Å². The standard InChI is InChI=1S/C22H20N4O2S/c1-16-7-5-10-18(13-16)23-20(27)15-29-22-25-24-21(17-8-3-2-4-9-17)26(22)14-19-11-6-12-28-19/h2-13H,14-15H2,1H3,(H,23,27). The molecule has 146 valence electrons. The van der Waals surface area contributed by atoms with Crippen LogP contribution in [0.3, 0.4) is 0 Å². The predicted octanol–water partition coefficient (Wildman–Crippen LogP) is 4.63. The van der Waals surface area contributed by atoms with Crippen molar-refractivity contribution in [3.63, 3.8) is 0 Å². The van der Waals surface area contributed by atoms with E-state index in [4.69, 9.17) is 4.42 Å². The molecule has 4 aromatic rings. The SMILES string of the molecule is Cc1cccc(NC(=O)CSc2nnc(-c3ccccc3)n2Cc2ccco2)c1. The van der Waals surface area contributed by atoms with Crippen LogP contribution in [0.5, 0.6) is 0 Å². The summed E-state index contributed by atoms with van der Waals surface area (Å²) in [6, 6.07) is 21.4. The molecule has 0 saturated carbocycles. The largest absolute Gasteiger partial charge is 0.467 e. The van der Waals surface area contributed by atoms with Gasteiger partial charge in [0, 0.05) is 11.3 Å². The van der Waals surface area contributed by atoms with E-state index in [9.17, 15) is 4.79 Å². The second kappa shape index (κ2) is 8.79. The minimum atomic E-state index is -0.0885. The first-order valence-corrected chi connectivity index (χ1v) is 10.2. The zero-order valence-electron chi connectivity index (χ0n) is 15.9. The maximum atomic E-state index is 12.4. The summed E-state index contributed by atoms with van der Waals surface area (Å²) >= 11 is 1.35.